The van der Waals surface area contributed by atoms with E-state index in [4.69, 9.17) is 51.4 Å². The molecule has 0 bridgehead atoms. The van der Waals surface area contributed by atoms with Crippen LogP contribution in [-0.2, 0) is 25.7 Å². The van der Waals surface area contributed by atoms with Crippen molar-refractivity contribution in [1.29, 1.82) is 0 Å². The fourth-order valence-corrected chi connectivity index (χ4v) is 5.96. The van der Waals surface area contributed by atoms with E-state index in [1.54, 1.807) is 24.8 Å². The molecule has 5 heterocycles. The van der Waals surface area contributed by atoms with E-state index in [0.717, 1.165) is 5.56 Å². The zero-order valence-corrected chi connectivity index (χ0v) is 33.9. The summed E-state index contributed by atoms with van der Waals surface area (Å²) in [5.41, 5.74) is 4.18. The number of hydrogen-bond acceptors (Lipinski definition) is 23. The average molecular weight is 958 g/mol. The Labute approximate surface area is 374 Å². The first-order valence-electron chi connectivity index (χ1n) is 18.7. The molecule has 30 heteroatoms. The van der Waals surface area contributed by atoms with Crippen molar-refractivity contribution in [2.45, 2.75) is 106 Å². The van der Waals surface area contributed by atoms with Crippen LogP contribution in [0.3, 0.4) is 0 Å². The number of nitrogens with zero attached hydrogens (tertiary/aromatic N) is 4. The summed E-state index contributed by atoms with van der Waals surface area (Å²) in [7, 11) is 0. The molecule has 2 aromatic heterocycles. The van der Waals surface area contributed by atoms with Gasteiger partial charge in [0.05, 0.1) is 26.4 Å². The van der Waals surface area contributed by atoms with E-state index in [2.05, 4.69) is 25.6 Å². The largest absolute Gasteiger partial charge is 0.394 e. The lowest BCUT2D eigenvalue weighted by molar-refractivity contribution is -0.252. The van der Waals surface area contributed by atoms with E-state index in [0.29, 0.717) is 0 Å². The van der Waals surface area contributed by atoms with Gasteiger partial charge >= 0.3 is 18.1 Å². The van der Waals surface area contributed by atoms with E-state index in [-0.39, 0.29) is 20.1 Å². The first-order valence-corrected chi connectivity index (χ1v) is 19.1. The molecule has 3 saturated heterocycles. The van der Waals surface area contributed by atoms with Crippen LogP contribution in [0.1, 0.15) is 13.0 Å². The second kappa shape index (κ2) is 28.5. The minimum Gasteiger partial charge on any atom is -0.394 e. The highest BCUT2D eigenvalue weighted by molar-refractivity contribution is 6.13. The molecule has 15 atom stereocenters. The van der Waals surface area contributed by atoms with Gasteiger partial charge in [0, 0.05) is 24.8 Å². The normalized spacial score (nSPS) is 31.6. The molecule has 6 rings (SSSR count). The van der Waals surface area contributed by atoms with E-state index in [1.165, 1.54) is 27.3 Å². The highest BCUT2D eigenvalue weighted by Crippen LogP contribution is 2.22. The van der Waals surface area contributed by atoms with Gasteiger partial charge in [0.25, 0.3) is 0 Å². The topological polar surface area (TPSA) is 447 Å². The summed E-state index contributed by atoms with van der Waals surface area (Å²) in [5.74, 6) is 0. The monoisotopic (exact) mass is 957 g/mol. The van der Waals surface area contributed by atoms with Gasteiger partial charge in [-0.05, 0) is 17.3 Å². The quantitative estimate of drug-likeness (QED) is 0.0538. The Kier molecular flexibility index (Phi) is 24.8. The summed E-state index contributed by atoms with van der Waals surface area (Å²) in [6.07, 6.45) is -7.12. The van der Waals surface area contributed by atoms with E-state index >= 15 is 0 Å². The van der Waals surface area contributed by atoms with Gasteiger partial charge in [0.2, 0.25) is 0 Å². The lowest BCUT2D eigenvalue weighted by Crippen LogP contribution is -2.65. The van der Waals surface area contributed by atoms with Crippen LogP contribution in [0.2, 0.25) is 0 Å². The number of ether oxygens (including phenoxy) is 3. The molecule has 0 aliphatic carbocycles. The zero-order valence-electron chi connectivity index (χ0n) is 33.2. The van der Waals surface area contributed by atoms with Crippen molar-refractivity contribution in [3.63, 3.8) is 0 Å². The number of urea groups is 2. The molecule has 368 valence electrons. The smallest absolute Gasteiger partial charge is 0.339 e. The van der Waals surface area contributed by atoms with Gasteiger partial charge in [-0.2, -0.15) is 0 Å². The van der Waals surface area contributed by atoms with Crippen molar-refractivity contribution < 1.29 is 99.9 Å². The number of amides is 4. The first kappa shape index (κ1) is 56.5. The van der Waals surface area contributed by atoms with Crippen molar-refractivity contribution in [2.75, 3.05) is 19.8 Å². The molecule has 1 aromatic carbocycles. The van der Waals surface area contributed by atoms with Crippen LogP contribution in [-0.4, -0.2) is 215 Å². The fourth-order valence-electron chi connectivity index (χ4n) is 5.72. The van der Waals surface area contributed by atoms with Gasteiger partial charge in [-0.1, -0.05) is 37.8 Å². The molecule has 4 amide bonds. The van der Waals surface area contributed by atoms with Crippen molar-refractivity contribution in [3.8, 4) is 0 Å². The Morgan fingerprint density at radius 3 is 1.40 bits per heavy atom. The number of carbonyl (C=O) groups is 3. The SMILES string of the molecule is C.O=C(NO)N[C@H]1C(O)O[C@H](CO)[C@@H](O)[C@@H]1O.O=C(NOCc1ccccc1)N[C@H]1C(O)O[C@H](CO)[C@@H](O)[C@@H]1O.O=C(n1ccnc1)n1ccnc1.OC[C@H]1OC(O)[C@H](NCl)[C@@H](O)[C@@H]1O. The zero-order chi connectivity index (χ0) is 47.5. The molecule has 3 unspecified atom stereocenters. The molecule has 0 saturated carbocycles. The Hall–Kier alpha value is -4.58. The van der Waals surface area contributed by atoms with Crippen molar-refractivity contribution >= 4 is 29.9 Å². The summed E-state index contributed by atoms with van der Waals surface area (Å²) >= 11 is 5.20. The van der Waals surface area contributed by atoms with E-state index in [9.17, 15) is 60.3 Å². The van der Waals surface area contributed by atoms with Crippen molar-refractivity contribution in [1.82, 2.24) is 45.5 Å². The number of rotatable bonds is 9. The third-order valence-corrected chi connectivity index (χ3v) is 9.47. The van der Waals surface area contributed by atoms with Crippen LogP contribution in [0.25, 0.3) is 0 Å². The number of imidazole rings is 2. The van der Waals surface area contributed by atoms with Gasteiger partial charge in [-0.15, -0.1) is 0 Å². The highest BCUT2D eigenvalue weighted by atomic mass is 35.5. The lowest BCUT2D eigenvalue weighted by Gasteiger charge is -2.40. The number of hydroxylamine groups is 2. The maximum atomic E-state index is 11.7. The Morgan fingerprint density at radius 1 is 0.631 bits per heavy atom. The molecule has 0 radical (unpaired) electrons. The van der Waals surface area contributed by atoms with Crippen LogP contribution in [0.15, 0.2) is 67.8 Å². The summed E-state index contributed by atoms with van der Waals surface area (Å²) in [6.45, 7) is -1.51. The van der Waals surface area contributed by atoms with Crippen LogP contribution < -0.4 is 26.4 Å². The summed E-state index contributed by atoms with van der Waals surface area (Å²) in [5, 5.41) is 124. The molecule has 29 nitrogen and oxygen atoms in total. The summed E-state index contributed by atoms with van der Waals surface area (Å²) < 4.78 is 17.2. The Balaban J connectivity index is 0.000000307. The molecule has 65 heavy (non-hydrogen) atoms. The van der Waals surface area contributed by atoms with E-state index < -0.39 is 124 Å². The van der Waals surface area contributed by atoms with Crippen LogP contribution in [0.4, 0.5) is 14.4 Å². The van der Waals surface area contributed by atoms with Crippen molar-refractivity contribution in [3.05, 3.63) is 73.3 Å². The molecular formula is C35H56ClN9O20. The predicted octanol–water partition coefficient (Wildman–Crippen LogP) is -6.55. The summed E-state index contributed by atoms with van der Waals surface area (Å²) in [4.78, 5) is 48.5. The highest BCUT2D eigenvalue weighted by Gasteiger charge is 2.46. The Morgan fingerprint density at radius 2 is 1.03 bits per heavy atom. The van der Waals surface area contributed by atoms with Crippen LogP contribution >= 0.6 is 11.8 Å². The molecule has 0 spiro atoms. The fraction of sp³-hybridized carbons (Fsp3) is 0.571. The molecule has 3 aromatic rings. The number of benzene rings is 1. The van der Waals surface area contributed by atoms with Crippen molar-refractivity contribution in [2.24, 2.45) is 0 Å². The number of aliphatic hydroxyl groups is 12. The molecule has 3 fully saturated rings. The maximum absolute atomic E-state index is 11.7. The molecule has 3 aliphatic rings. The number of aliphatic hydroxyl groups excluding tert-OH is 12. The third-order valence-electron chi connectivity index (χ3n) is 9.22. The van der Waals surface area contributed by atoms with Gasteiger partial charge in [-0.3, -0.25) is 19.2 Å². The standard InChI is InChI=1S/C14H20N2O7.C7H6N4O.C7H14N2O7.C6H12ClNO5.CH4/c17-6-9-11(18)12(19)10(13(20)23-9)15-14(21)16-22-7-8-4-2-1-3-5-8;12-7(10-3-1-8-5-10)11-4-2-9-6-11;10-1-2-4(11)5(12)3(6(13)16-2)8-7(14)9-15;7-8-3-5(11)4(10)2(1-9)13-6(3)12;/h1-5,9-13,17-20H,6-7H2,(H2,15,16,21);1-6H;2-6,10-13,15H,1H2,(H2,8,9,14);2-6,8-12H,1H2;1H4/t9-,10-,11-,12-,13?;;2*2-,3-,4-,5-,6?;/m1.11./s1. The average Bonchev–Trinajstić information content (AvgIpc) is 4.05. The maximum Gasteiger partial charge on any atom is 0.339 e. The first-order chi connectivity index (χ1) is 30.5. The number of nitrogens with one attached hydrogen (secondary N) is 5. The van der Waals surface area contributed by atoms with Crippen LogP contribution in [0.5, 0.6) is 0 Å². The second-order valence-electron chi connectivity index (χ2n) is 13.5. The molecular weight excluding hydrogens is 902 g/mol. The van der Waals surface area contributed by atoms with Gasteiger partial charge in [-0.25, -0.2) is 40.1 Å². The third kappa shape index (κ3) is 16.4. The predicted molar refractivity (Wildman–Crippen MR) is 214 cm³/mol. The lowest BCUT2D eigenvalue weighted by atomic mass is 9.97. The minimum absolute atomic E-state index is 0. The second-order valence-corrected chi connectivity index (χ2v) is 13.7. The minimum atomic E-state index is -1.60. The van der Waals surface area contributed by atoms with Gasteiger partial charge in [0.1, 0.15) is 85.7 Å². The molecule has 3 aliphatic heterocycles. The van der Waals surface area contributed by atoms with Gasteiger partial charge in [0.15, 0.2) is 18.9 Å². The number of hydrogen-bond donors (Lipinski definition) is 18. The van der Waals surface area contributed by atoms with Gasteiger partial charge < -0.3 is 86.1 Å². The van der Waals surface area contributed by atoms with Crippen LogP contribution in [0, 0.1) is 0 Å². The number of aromatic nitrogens is 4. The van der Waals surface area contributed by atoms with E-state index in [1.807, 2.05) is 35.6 Å². The molecule has 18 N–H and O–H groups in total. The number of halogens is 1. The number of carbonyl (C=O) groups excluding carboxylic acids is 3. The summed E-state index contributed by atoms with van der Waals surface area (Å²) in [6, 6.07) is 3.49. The Bertz CT molecular complexity index is 1740.